The summed E-state index contributed by atoms with van der Waals surface area (Å²) in [4.78, 5) is 0. The van der Waals surface area contributed by atoms with E-state index in [1.54, 1.807) is 31.4 Å². The zero-order valence-corrected chi connectivity index (χ0v) is 7.75. The average Bonchev–Trinajstić information content (AvgIpc) is 2.18. The third kappa shape index (κ3) is 2.18. The quantitative estimate of drug-likeness (QED) is 0.777. The summed E-state index contributed by atoms with van der Waals surface area (Å²) < 4.78 is 17.3. The predicted octanol–water partition coefficient (Wildman–Crippen LogP) is 1.87. The minimum atomic E-state index is -1.40. The van der Waals surface area contributed by atoms with Crippen LogP contribution in [0.1, 0.15) is 12.5 Å². The topological polar surface area (TPSA) is 29.5 Å². The molecule has 0 saturated heterocycles. The van der Waals surface area contributed by atoms with Gasteiger partial charge in [0.15, 0.2) is 0 Å². The van der Waals surface area contributed by atoms with Gasteiger partial charge in [-0.15, -0.1) is 0 Å². The SMILES string of the molecule is COc1ccc([C@](C)(O)CF)cc1. The first-order valence-corrected chi connectivity index (χ1v) is 4.03. The molecule has 0 heterocycles. The molecule has 1 aromatic carbocycles. The van der Waals surface area contributed by atoms with Crippen LogP contribution in [-0.4, -0.2) is 18.9 Å². The Labute approximate surface area is 77.0 Å². The van der Waals surface area contributed by atoms with E-state index in [-0.39, 0.29) is 0 Å². The van der Waals surface area contributed by atoms with Crippen LogP contribution in [0.3, 0.4) is 0 Å². The number of rotatable bonds is 3. The Morgan fingerprint density at radius 1 is 1.38 bits per heavy atom. The monoisotopic (exact) mass is 184 g/mol. The minimum absolute atomic E-state index is 0.552. The van der Waals surface area contributed by atoms with Crippen molar-refractivity contribution in [3.05, 3.63) is 29.8 Å². The maximum atomic E-state index is 12.4. The van der Waals surface area contributed by atoms with Crippen molar-refractivity contribution in [1.82, 2.24) is 0 Å². The van der Waals surface area contributed by atoms with Crippen molar-refractivity contribution >= 4 is 0 Å². The molecule has 0 amide bonds. The lowest BCUT2D eigenvalue weighted by Gasteiger charge is -2.19. The van der Waals surface area contributed by atoms with Crippen LogP contribution in [0.5, 0.6) is 5.75 Å². The molecule has 0 spiro atoms. The van der Waals surface area contributed by atoms with E-state index in [1.165, 1.54) is 6.92 Å². The van der Waals surface area contributed by atoms with Crippen LogP contribution in [0.2, 0.25) is 0 Å². The van der Waals surface area contributed by atoms with E-state index in [2.05, 4.69) is 0 Å². The van der Waals surface area contributed by atoms with E-state index in [0.29, 0.717) is 11.3 Å². The van der Waals surface area contributed by atoms with E-state index in [1.807, 2.05) is 0 Å². The Kier molecular flexibility index (Phi) is 2.88. The van der Waals surface area contributed by atoms with E-state index >= 15 is 0 Å². The van der Waals surface area contributed by atoms with Crippen LogP contribution in [0.4, 0.5) is 4.39 Å². The summed E-state index contributed by atoms with van der Waals surface area (Å²) in [7, 11) is 1.56. The number of aliphatic hydroxyl groups is 1. The Morgan fingerprint density at radius 2 is 1.92 bits per heavy atom. The molecule has 0 saturated carbocycles. The highest BCUT2D eigenvalue weighted by Gasteiger charge is 2.22. The fourth-order valence-electron chi connectivity index (χ4n) is 1.03. The van der Waals surface area contributed by atoms with E-state index in [4.69, 9.17) is 4.74 Å². The summed E-state index contributed by atoms with van der Waals surface area (Å²) in [5, 5.41) is 9.54. The van der Waals surface area contributed by atoms with Gasteiger partial charge in [-0.05, 0) is 24.6 Å². The molecule has 0 aliphatic carbocycles. The van der Waals surface area contributed by atoms with Crippen molar-refractivity contribution in [3.63, 3.8) is 0 Å². The highest BCUT2D eigenvalue weighted by molar-refractivity contribution is 5.30. The fraction of sp³-hybridized carbons (Fsp3) is 0.400. The normalized spacial score (nSPS) is 15.1. The van der Waals surface area contributed by atoms with Crippen LogP contribution in [0.25, 0.3) is 0 Å². The Bertz CT molecular complexity index is 267. The predicted molar refractivity (Wildman–Crippen MR) is 48.5 cm³/mol. The zero-order chi connectivity index (χ0) is 9.90. The molecule has 1 atom stereocenters. The summed E-state index contributed by atoms with van der Waals surface area (Å²) in [5.41, 5.74) is -0.845. The number of halogens is 1. The van der Waals surface area contributed by atoms with Gasteiger partial charge in [-0.1, -0.05) is 12.1 Å². The maximum Gasteiger partial charge on any atom is 0.122 e. The van der Waals surface area contributed by atoms with Gasteiger partial charge in [-0.3, -0.25) is 0 Å². The summed E-state index contributed by atoms with van der Waals surface area (Å²) in [6.45, 7) is 0.647. The molecular weight excluding hydrogens is 171 g/mol. The largest absolute Gasteiger partial charge is 0.497 e. The Hall–Kier alpha value is -1.09. The lowest BCUT2D eigenvalue weighted by molar-refractivity contribution is 0.0299. The summed E-state index contributed by atoms with van der Waals surface area (Å²) >= 11 is 0. The second kappa shape index (κ2) is 3.75. The smallest absolute Gasteiger partial charge is 0.122 e. The van der Waals surface area contributed by atoms with Gasteiger partial charge in [-0.25, -0.2) is 4.39 Å². The van der Waals surface area contributed by atoms with Gasteiger partial charge < -0.3 is 9.84 Å². The van der Waals surface area contributed by atoms with Crippen LogP contribution < -0.4 is 4.74 Å². The number of ether oxygens (including phenoxy) is 1. The molecule has 0 aliphatic heterocycles. The van der Waals surface area contributed by atoms with Crippen molar-refractivity contribution in [1.29, 1.82) is 0 Å². The van der Waals surface area contributed by atoms with Gasteiger partial charge in [0.1, 0.15) is 18.0 Å². The van der Waals surface area contributed by atoms with Gasteiger partial charge in [0, 0.05) is 0 Å². The van der Waals surface area contributed by atoms with Crippen LogP contribution in [-0.2, 0) is 5.60 Å². The molecule has 1 N–H and O–H groups in total. The summed E-state index contributed by atoms with van der Waals surface area (Å²) in [6.07, 6.45) is 0. The van der Waals surface area contributed by atoms with E-state index in [9.17, 15) is 9.50 Å². The number of hydrogen-bond donors (Lipinski definition) is 1. The molecule has 0 fully saturated rings. The number of hydrogen-bond acceptors (Lipinski definition) is 2. The second-order valence-corrected chi connectivity index (χ2v) is 3.14. The molecule has 0 aliphatic rings. The third-order valence-corrected chi connectivity index (χ3v) is 1.97. The molecule has 3 heteroatoms. The van der Waals surface area contributed by atoms with Crippen molar-refractivity contribution in [2.75, 3.05) is 13.8 Å². The van der Waals surface area contributed by atoms with Gasteiger partial charge in [0.25, 0.3) is 0 Å². The third-order valence-electron chi connectivity index (χ3n) is 1.97. The lowest BCUT2D eigenvalue weighted by Crippen LogP contribution is -2.23. The van der Waals surface area contributed by atoms with Crippen LogP contribution >= 0.6 is 0 Å². The molecule has 0 unspecified atom stereocenters. The molecule has 0 bridgehead atoms. The number of alkyl halides is 1. The Morgan fingerprint density at radius 3 is 2.31 bits per heavy atom. The molecule has 1 rings (SSSR count). The van der Waals surface area contributed by atoms with Crippen molar-refractivity contribution < 1.29 is 14.2 Å². The first kappa shape index (κ1) is 9.99. The van der Waals surface area contributed by atoms with Crippen LogP contribution in [0, 0.1) is 0 Å². The van der Waals surface area contributed by atoms with Gasteiger partial charge in [-0.2, -0.15) is 0 Å². The Balaban J connectivity index is 2.92. The van der Waals surface area contributed by atoms with E-state index < -0.39 is 12.3 Å². The second-order valence-electron chi connectivity index (χ2n) is 3.14. The average molecular weight is 184 g/mol. The van der Waals surface area contributed by atoms with Crippen molar-refractivity contribution in [2.45, 2.75) is 12.5 Å². The van der Waals surface area contributed by atoms with Crippen LogP contribution in [0.15, 0.2) is 24.3 Å². The van der Waals surface area contributed by atoms with Crippen molar-refractivity contribution in [2.24, 2.45) is 0 Å². The van der Waals surface area contributed by atoms with Gasteiger partial charge >= 0.3 is 0 Å². The first-order chi connectivity index (χ1) is 6.10. The molecule has 0 radical (unpaired) electrons. The molecular formula is C10H13FO2. The molecule has 0 aromatic heterocycles. The number of methoxy groups -OCH3 is 1. The molecule has 13 heavy (non-hydrogen) atoms. The molecule has 1 aromatic rings. The standard InChI is InChI=1S/C10H13FO2/c1-10(12,7-11)8-3-5-9(13-2)6-4-8/h3-6,12H,7H2,1-2H3/t10-/m1/s1. The zero-order valence-electron chi connectivity index (χ0n) is 7.75. The van der Waals surface area contributed by atoms with Gasteiger partial charge in [0.2, 0.25) is 0 Å². The minimum Gasteiger partial charge on any atom is -0.497 e. The highest BCUT2D eigenvalue weighted by atomic mass is 19.1. The summed E-state index contributed by atoms with van der Waals surface area (Å²) in [5.74, 6) is 0.693. The summed E-state index contributed by atoms with van der Waals surface area (Å²) in [6, 6.07) is 6.69. The maximum absolute atomic E-state index is 12.4. The van der Waals surface area contributed by atoms with E-state index in [0.717, 1.165) is 0 Å². The van der Waals surface area contributed by atoms with Crippen molar-refractivity contribution in [3.8, 4) is 5.75 Å². The highest BCUT2D eigenvalue weighted by Crippen LogP contribution is 2.23. The van der Waals surface area contributed by atoms with Gasteiger partial charge in [0.05, 0.1) is 7.11 Å². The molecule has 2 nitrogen and oxygen atoms in total. The lowest BCUT2D eigenvalue weighted by atomic mass is 9.98. The molecule has 72 valence electrons. The fourth-order valence-corrected chi connectivity index (χ4v) is 1.03. The first-order valence-electron chi connectivity index (χ1n) is 4.03. The number of benzene rings is 1.